The van der Waals surface area contributed by atoms with Crippen LogP contribution in [0.25, 0.3) is 5.69 Å². The molecule has 35 heavy (non-hydrogen) atoms. The van der Waals surface area contributed by atoms with E-state index in [0.29, 0.717) is 12.4 Å². The second-order valence-electron chi connectivity index (χ2n) is 9.52. The average Bonchev–Trinajstić information content (AvgIpc) is 3.48. The van der Waals surface area contributed by atoms with E-state index in [1.807, 2.05) is 35.9 Å². The maximum absolute atomic E-state index is 13.5. The number of nitrogens with zero attached hydrogens (tertiary/aromatic N) is 3. The molecule has 1 atom stereocenters. The maximum Gasteiger partial charge on any atom is 0.240 e. The average molecular weight is 513 g/mol. The zero-order valence-electron chi connectivity index (χ0n) is 20.8. The van der Waals surface area contributed by atoms with Crippen molar-refractivity contribution >= 4 is 40.7 Å². The van der Waals surface area contributed by atoms with Crippen LogP contribution < -0.4 is 15.0 Å². The van der Waals surface area contributed by atoms with Crippen LogP contribution in [0.4, 0.5) is 5.82 Å². The second kappa shape index (κ2) is 10.5. The van der Waals surface area contributed by atoms with Crippen molar-refractivity contribution in [3.05, 3.63) is 57.9 Å². The summed E-state index contributed by atoms with van der Waals surface area (Å²) in [6.07, 6.45) is 0.832. The molecule has 1 N–H and O–H groups in total. The van der Waals surface area contributed by atoms with Gasteiger partial charge in [-0.05, 0) is 53.1 Å². The molecule has 1 aromatic carbocycles. The molecule has 186 valence electrons. The molecule has 1 aliphatic heterocycles. The number of thiophene rings is 1. The van der Waals surface area contributed by atoms with Gasteiger partial charge in [0.2, 0.25) is 11.8 Å². The van der Waals surface area contributed by atoms with Crippen LogP contribution in [0.15, 0.2) is 41.1 Å². The summed E-state index contributed by atoms with van der Waals surface area (Å²) in [5.74, 6) is 1.41. The molecule has 3 heterocycles. The van der Waals surface area contributed by atoms with Crippen LogP contribution in [-0.4, -0.2) is 47.5 Å². The summed E-state index contributed by atoms with van der Waals surface area (Å²) < 4.78 is 7.17. The standard InChI is InChI=1S/C26H32N4O3S2/c1-6-12-27-20(31)14-29-21(32)16-35-23(17-11-13-34-15-17)22-24(26(2,3)4)28-30(25(22)29)18-7-9-19(33-5)10-8-18/h7-11,13,15,23H,6,12,14,16H2,1-5H3,(H,27,31). The monoisotopic (exact) mass is 512 g/mol. The van der Waals surface area contributed by atoms with Gasteiger partial charge < -0.3 is 10.1 Å². The zero-order chi connectivity index (χ0) is 25.2. The highest BCUT2D eigenvalue weighted by molar-refractivity contribution is 8.00. The molecule has 0 aliphatic carbocycles. The fourth-order valence-corrected chi connectivity index (χ4v) is 6.09. The van der Waals surface area contributed by atoms with Crippen LogP contribution in [0.1, 0.15) is 56.2 Å². The topological polar surface area (TPSA) is 76.5 Å². The quantitative estimate of drug-likeness (QED) is 0.486. The Morgan fingerprint density at radius 1 is 1.23 bits per heavy atom. The number of benzene rings is 1. The molecule has 0 radical (unpaired) electrons. The van der Waals surface area contributed by atoms with Crippen molar-refractivity contribution in [3.63, 3.8) is 0 Å². The number of thioether (sulfide) groups is 1. The van der Waals surface area contributed by atoms with Crippen LogP contribution in [0.3, 0.4) is 0 Å². The first-order valence-electron chi connectivity index (χ1n) is 11.7. The van der Waals surface area contributed by atoms with Crippen molar-refractivity contribution in [3.8, 4) is 11.4 Å². The molecule has 3 aromatic rings. The van der Waals surface area contributed by atoms with E-state index in [1.165, 1.54) is 0 Å². The molecule has 0 bridgehead atoms. The SMILES string of the molecule is CCCNC(=O)CN1C(=O)CSC(c2ccsc2)c2c(C(C)(C)C)nn(-c3ccc(OC)cc3)c21. The highest BCUT2D eigenvalue weighted by Crippen LogP contribution is 2.48. The van der Waals surface area contributed by atoms with E-state index in [4.69, 9.17) is 9.84 Å². The van der Waals surface area contributed by atoms with Gasteiger partial charge in [-0.1, -0.05) is 27.7 Å². The molecule has 7 nitrogen and oxygen atoms in total. The van der Waals surface area contributed by atoms with Crippen molar-refractivity contribution in [2.24, 2.45) is 0 Å². The predicted octanol–water partition coefficient (Wildman–Crippen LogP) is 4.94. The van der Waals surface area contributed by atoms with Gasteiger partial charge in [0.1, 0.15) is 18.1 Å². The third-order valence-corrected chi connectivity index (χ3v) is 7.79. The minimum Gasteiger partial charge on any atom is -0.497 e. The molecule has 1 aliphatic rings. The fourth-order valence-electron chi connectivity index (χ4n) is 4.13. The van der Waals surface area contributed by atoms with E-state index in [1.54, 1.807) is 35.1 Å². The van der Waals surface area contributed by atoms with Gasteiger partial charge in [0.25, 0.3) is 0 Å². The molecule has 1 unspecified atom stereocenters. The molecular formula is C26H32N4O3S2. The van der Waals surface area contributed by atoms with Crippen molar-refractivity contribution in [1.82, 2.24) is 15.1 Å². The van der Waals surface area contributed by atoms with E-state index >= 15 is 0 Å². The van der Waals surface area contributed by atoms with Gasteiger partial charge in [-0.25, -0.2) is 4.68 Å². The minimum atomic E-state index is -0.278. The van der Waals surface area contributed by atoms with Gasteiger partial charge in [0, 0.05) is 17.5 Å². The Hall–Kier alpha value is -2.78. The van der Waals surface area contributed by atoms with Gasteiger partial charge in [-0.15, -0.1) is 11.8 Å². The largest absolute Gasteiger partial charge is 0.497 e. The Morgan fingerprint density at radius 3 is 2.57 bits per heavy atom. The number of rotatable bonds is 7. The van der Waals surface area contributed by atoms with Crippen molar-refractivity contribution < 1.29 is 14.3 Å². The first kappa shape index (κ1) is 25.3. The zero-order valence-corrected chi connectivity index (χ0v) is 22.5. The van der Waals surface area contributed by atoms with Crippen LogP contribution >= 0.6 is 23.1 Å². The van der Waals surface area contributed by atoms with Crippen LogP contribution in [0, 0.1) is 0 Å². The number of methoxy groups -OCH3 is 1. The summed E-state index contributed by atoms with van der Waals surface area (Å²) in [6, 6.07) is 9.72. The lowest BCUT2D eigenvalue weighted by Crippen LogP contribution is -2.42. The summed E-state index contributed by atoms with van der Waals surface area (Å²) in [5.41, 5.74) is 3.58. The number of anilines is 1. The lowest BCUT2D eigenvalue weighted by atomic mass is 9.87. The Balaban J connectivity index is 1.96. The summed E-state index contributed by atoms with van der Waals surface area (Å²) in [7, 11) is 1.63. The Kier molecular flexibility index (Phi) is 7.56. The lowest BCUT2D eigenvalue weighted by molar-refractivity contribution is -0.122. The number of fused-ring (bicyclic) bond motifs is 1. The number of hydrogen-bond acceptors (Lipinski definition) is 6. The van der Waals surface area contributed by atoms with Crippen LogP contribution in [0.5, 0.6) is 5.75 Å². The molecule has 2 aromatic heterocycles. The highest BCUT2D eigenvalue weighted by Gasteiger charge is 2.40. The summed E-state index contributed by atoms with van der Waals surface area (Å²) in [5, 5.41) is 12.1. The predicted molar refractivity (Wildman–Crippen MR) is 143 cm³/mol. The van der Waals surface area contributed by atoms with E-state index in [9.17, 15) is 9.59 Å². The van der Waals surface area contributed by atoms with Crippen LogP contribution in [-0.2, 0) is 15.0 Å². The van der Waals surface area contributed by atoms with Crippen molar-refractivity contribution in [2.45, 2.75) is 44.8 Å². The Morgan fingerprint density at radius 2 is 1.97 bits per heavy atom. The van der Waals surface area contributed by atoms with E-state index in [-0.39, 0.29) is 34.8 Å². The van der Waals surface area contributed by atoms with E-state index < -0.39 is 0 Å². The smallest absolute Gasteiger partial charge is 0.240 e. The highest BCUT2D eigenvalue weighted by atomic mass is 32.2. The number of ether oxygens (including phenoxy) is 1. The normalized spacial score (nSPS) is 16.1. The van der Waals surface area contributed by atoms with Gasteiger partial charge in [-0.3, -0.25) is 14.5 Å². The number of carbonyl (C=O) groups excluding carboxylic acids is 2. The molecular weight excluding hydrogens is 480 g/mol. The number of carbonyl (C=O) groups is 2. The third-order valence-electron chi connectivity index (χ3n) is 5.84. The number of aromatic nitrogens is 2. The van der Waals surface area contributed by atoms with Gasteiger partial charge in [0.05, 0.1) is 29.5 Å². The first-order chi connectivity index (χ1) is 16.7. The summed E-state index contributed by atoms with van der Waals surface area (Å²) >= 11 is 3.24. The van der Waals surface area contributed by atoms with Gasteiger partial charge in [0.15, 0.2) is 0 Å². The summed E-state index contributed by atoms with van der Waals surface area (Å²) in [6.45, 7) is 8.93. The number of hydrogen-bond donors (Lipinski definition) is 1. The second-order valence-corrected chi connectivity index (χ2v) is 11.4. The number of nitrogens with one attached hydrogen (secondary N) is 1. The molecule has 0 saturated heterocycles. The fraction of sp³-hybridized carbons (Fsp3) is 0.423. The maximum atomic E-state index is 13.5. The van der Waals surface area contributed by atoms with Gasteiger partial charge >= 0.3 is 0 Å². The molecule has 0 fully saturated rings. The first-order valence-corrected chi connectivity index (χ1v) is 13.7. The molecule has 0 spiro atoms. The molecule has 9 heteroatoms. The molecule has 4 rings (SSSR count). The van der Waals surface area contributed by atoms with E-state index in [0.717, 1.165) is 34.7 Å². The van der Waals surface area contributed by atoms with Crippen LogP contribution in [0.2, 0.25) is 0 Å². The third kappa shape index (κ3) is 5.26. The minimum absolute atomic E-state index is 0.0474. The lowest BCUT2D eigenvalue weighted by Gasteiger charge is -2.24. The van der Waals surface area contributed by atoms with Gasteiger partial charge in [-0.2, -0.15) is 16.4 Å². The number of amides is 2. The molecule has 2 amide bonds. The van der Waals surface area contributed by atoms with Crippen molar-refractivity contribution in [1.29, 1.82) is 0 Å². The summed E-state index contributed by atoms with van der Waals surface area (Å²) in [4.78, 5) is 28.0. The molecule has 0 saturated carbocycles. The van der Waals surface area contributed by atoms with Crippen molar-refractivity contribution in [2.75, 3.05) is 30.9 Å². The Labute approximate surface area is 214 Å². The van der Waals surface area contributed by atoms with E-state index in [2.05, 4.69) is 42.9 Å². The Bertz CT molecular complexity index is 1180.